The Bertz CT molecular complexity index is 374. The Morgan fingerprint density at radius 1 is 1.33 bits per heavy atom. The van der Waals surface area contributed by atoms with Crippen molar-refractivity contribution < 1.29 is 14.3 Å². The average molecular weight is 319 g/mol. The van der Waals surface area contributed by atoms with Crippen LogP contribution in [0, 0.1) is 17.3 Å². The van der Waals surface area contributed by atoms with Crippen molar-refractivity contribution in [3.8, 4) is 0 Å². The van der Waals surface area contributed by atoms with E-state index in [0.29, 0.717) is 0 Å². The van der Waals surface area contributed by atoms with E-state index >= 15 is 0 Å². The van der Waals surface area contributed by atoms with Gasteiger partial charge in [-0.1, -0.05) is 33.6 Å². The number of nitrogens with two attached hydrogens (primary N) is 1. The number of nitrogens with zero attached hydrogens (tertiary/aromatic N) is 1. The molecule has 5 nitrogen and oxygen atoms in total. The number of halogens is 1. The Hall–Kier alpha value is -0.650. The second-order valence-corrected chi connectivity index (χ2v) is 7.34. The standard InChI is InChI=1S/C15H27ClN2O3/c1-15(2,3)11(14(20)21-4)9-12(19)13(18(16)17)10-7-5-6-8-10/h10-11,13H,5-9,17H2,1-4H3/t11-,13+/m1/s1. The predicted molar refractivity (Wildman–Crippen MR) is 82.2 cm³/mol. The number of ketones is 1. The molecule has 0 saturated heterocycles. The van der Waals surface area contributed by atoms with Crippen LogP contribution in [0.15, 0.2) is 0 Å². The first-order chi connectivity index (χ1) is 9.68. The molecule has 1 fully saturated rings. The molecule has 2 atom stereocenters. The zero-order valence-corrected chi connectivity index (χ0v) is 14.2. The van der Waals surface area contributed by atoms with E-state index < -0.39 is 12.0 Å². The van der Waals surface area contributed by atoms with Gasteiger partial charge in [0.25, 0.3) is 0 Å². The summed E-state index contributed by atoms with van der Waals surface area (Å²) in [4.78, 5) is 24.6. The lowest BCUT2D eigenvalue weighted by Crippen LogP contribution is -2.46. The van der Waals surface area contributed by atoms with Crippen molar-refractivity contribution in [2.24, 2.45) is 23.1 Å². The topological polar surface area (TPSA) is 72.6 Å². The summed E-state index contributed by atoms with van der Waals surface area (Å²) in [7, 11) is 1.34. The normalized spacial score (nSPS) is 19.6. The molecule has 0 aromatic rings. The number of carbonyl (C=O) groups is 2. The number of carbonyl (C=O) groups excluding carboxylic acids is 2. The minimum atomic E-state index is -0.524. The molecule has 0 spiro atoms. The predicted octanol–water partition coefficient (Wildman–Crippen LogP) is 2.67. The third kappa shape index (κ3) is 4.94. The lowest BCUT2D eigenvalue weighted by Gasteiger charge is -2.31. The quantitative estimate of drug-likeness (QED) is 0.353. The van der Waals surface area contributed by atoms with E-state index in [1.807, 2.05) is 20.8 Å². The van der Waals surface area contributed by atoms with E-state index in [1.165, 1.54) is 7.11 Å². The third-order valence-electron chi connectivity index (χ3n) is 4.38. The highest BCUT2D eigenvalue weighted by Crippen LogP contribution is 2.35. The number of Topliss-reactive ketones (excluding diaryl/α,β-unsaturated/α-hetero) is 1. The molecule has 0 aromatic heterocycles. The molecule has 6 heteroatoms. The summed E-state index contributed by atoms with van der Waals surface area (Å²) >= 11 is 5.90. The van der Waals surface area contributed by atoms with Gasteiger partial charge in [-0.3, -0.25) is 15.4 Å². The Morgan fingerprint density at radius 2 is 1.86 bits per heavy atom. The number of rotatable bonds is 6. The second kappa shape index (κ2) is 7.56. The van der Waals surface area contributed by atoms with Gasteiger partial charge in [0.2, 0.25) is 0 Å². The second-order valence-electron chi connectivity index (χ2n) is 6.95. The van der Waals surface area contributed by atoms with Gasteiger partial charge in [0.05, 0.1) is 13.0 Å². The van der Waals surface area contributed by atoms with Crippen LogP contribution >= 0.6 is 11.8 Å². The largest absolute Gasteiger partial charge is 0.469 e. The highest BCUT2D eigenvalue weighted by atomic mass is 35.5. The lowest BCUT2D eigenvalue weighted by molar-refractivity contribution is -0.151. The van der Waals surface area contributed by atoms with Crippen molar-refractivity contribution >= 4 is 23.5 Å². The third-order valence-corrected chi connectivity index (χ3v) is 4.59. The number of hydrazine groups is 1. The molecular weight excluding hydrogens is 292 g/mol. The summed E-state index contributed by atoms with van der Waals surface area (Å²) in [6.45, 7) is 5.77. The zero-order chi connectivity index (χ0) is 16.2. The van der Waals surface area contributed by atoms with Crippen LogP contribution in [0.2, 0.25) is 0 Å². The summed E-state index contributed by atoms with van der Waals surface area (Å²) in [5.74, 6) is 4.92. The molecule has 21 heavy (non-hydrogen) atoms. The minimum Gasteiger partial charge on any atom is -0.469 e. The fourth-order valence-electron chi connectivity index (χ4n) is 3.08. The Morgan fingerprint density at radius 3 is 2.24 bits per heavy atom. The molecule has 1 aliphatic rings. The van der Waals surface area contributed by atoms with Crippen LogP contribution < -0.4 is 5.84 Å². The van der Waals surface area contributed by atoms with Crippen LogP contribution in [0.25, 0.3) is 0 Å². The van der Waals surface area contributed by atoms with Crippen molar-refractivity contribution in [2.75, 3.05) is 7.11 Å². The first-order valence-corrected chi connectivity index (χ1v) is 7.82. The van der Waals surface area contributed by atoms with Crippen molar-refractivity contribution in [3.05, 3.63) is 0 Å². The van der Waals surface area contributed by atoms with Gasteiger partial charge in [-0.15, -0.1) is 4.53 Å². The molecule has 0 aromatic carbocycles. The van der Waals surface area contributed by atoms with Gasteiger partial charge < -0.3 is 4.74 Å². The van der Waals surface area contributed by atoms with E-state index in [2.05, 4.69) is 0 Å². The molecule has 2 N–H and O–H groups in total. The highest BCUT2D eigenvalue weighted by molar-refractivity contribution is 6.14. The van der Waals surface area contributed by atoms with Gasteiger partial charge in [-0.05, 0) is 36.0 Å². The highest BCUT2D eigenvalue weighted by Gasteiger charge is 2.39. The van der Waals surface area contributed by atoms with Gasteiger partial charge in [-0.25, -0.2) is 0 Å². The average Bonchev–Trinajstić information content (AvgIpc) is 2.87. The van der Waals surface area contributed by atoms with E-state index in [1.54, 1.807) is 0 Å². The first kappa shape index (κ1) is 18.4. The molecule has 0 heterocycles. The van der Waals surface area contributed by atoms with Crippen LogP contribution in [0.1, 0.15) is 52.9 Å². The number of methoxy groups -OCH3 is 1. The molecular formula is C15H27ClN2O3. The maximum Gasteiger partial charge on any atom is 0.309 e. The minimum absolute atomic E-state index is 0.0790. The molecule has 122 valence electrons. The Balaban J connectivity index is 2.85. The van der Waals surface area contributed by atoms with Crippen LogP contribution in [0.5, 0.6) is 0 Å². The Kier molecular flexibility index (Phi) is 6.63. The van der Waals surface area contributed by atoms with Crippen LogP contribution in [0.3, 0.4) is 0 Å². The zero-order valence-electron chi connectivity index (χ0n) is 13.4. The molecule has 1 aliphatic carbocycles. The van der Waals surface area contributed by atoms with Crippen LogP contribution in [-0.2, 0) is 14.3 Å². The van der Waals surface area contributed by atoms with Gasteiger partial charge >= 0.3 is 5.97 Å². The van der Waals surface area contributed by atoms with E-state index in [-0.39, 0.29) is 29.5 Å². The van der Waals surface area contributed by atoms with E-state index in [4.69, 9.17) is 22.4 Å². The summed E-state index contributed by atoms with van der Waals surface area (Å²) < 4.78 is 5.83. The maximum atomic E-state index is 12.6. The smallest absolute Gasteiger partial charge is 0.309 e. The van der Waals surface area contributed by atoms with Crippen molar-refractivity contribution in [1.82, 2.24) is 4.53 Å². The first-order valence-electron chi connectivity index (χ1n) is 7.48. The maximum absolute atomic E-state index is 12.6. The molecule has 1 rings (SSSR count). The fraction of sp³-hybridized carbons (Fsp3) is 0.867. The summed E-state index contributed by atoms with van der Waals surface area (Å²) in [6.07, 6.45) is 4.21. The molecule has 1 saturated carbocycles. The number of hydrogen-bond donors (Lipinski definition) is 1. The van der Waals surface area contributed by atoms with Gasteiger partial charge in [0.1, 0.15) is 6.04 Å². The number of esters is 1. The van der Waals surface area contributed by atoms with E-state index in [9.17, 15) is 9.59 Å². The van der Waals surface area contributed by atoms with Gasteiger partial charge in [0, 0.05) is 6.42 Å². The summed E-state index contributed by atoms with van der Waals surface area (Å²) in [6, 6.07) is -0.524. The monoisotopic (exact) mass is 318 g/mol. The van der Waals surface area contributed by atoms with Crippen molar-refractivity contribution in [3.63, 3.8) is 0 Å². The van der Waals surface area contributed by atoms with Gasteiger partial charge in [-0.2, -0.15) is 0 Å². The molecule has 0 unspecified atom stereocenters. The Labute approximate surface area is 132 Å². The van der Waals surface area contributed by atoms with Crippen LogP contribution in [0.4, 0.5) is 0 Å². The summed E-state index contributed by atoms with van der Waals surface area (Å²) in [5.41, 5.74) is -0.352. The molecule has 0 radical (unpaired) electrons. The van der Waals surface area contributed by atoms with E-state index in [0.717, 1.165) is 30.2 Å². The number of ether oxygens (including phenoxy) is 1. The number of hydrogen-bond acceptors (Lipinski definition) is 5. The SMILES string of the molecule is COC(=O)[C@@H](CC(=O)[C@H](C1CCCC1)N(N)Cl)C(C)(C)C. The molecule has 0 amide bonds. The van der Waals surface area contributed by atoms with Gasteiger partial charge in [0.15, 0.2) is 5.78 Å². The van der Waals surface area contributed by atoms with Crippen molar-refractivity contribution in [1.29, 1.82) is 0 Å². The van der Waals surface area contributed by atoms with Crippen LogP contribution in [-0.4, -0.2) is 29.4 Å². The van der Waals surface area contributed by atoms with Crippen molar-refractivity contribution in [2.45, 2.75) is 58.9 Å². The molecule has 0 bridgehead atoms. The fourth-order valence-corrected chi connectivity index (χ4v) is 3.35. The lowest BCUT2D eigenvalue weighted by atomic mass is 9.76. The molecule has 0 aliphatic heterocycles. The summed E-state index contributed by atoms with van der Waals surface area (Å²) in [5, 5.41) is 0.